The highest BCUT2D eigenvalue weighted by atomic mass is 19.4. The number of hydrogen-bond acceptors (Lipinski definition) is 2. The van der Waals surface area contributed by atoms with E-state index in [9.17, 15) is 18.0 Å². The maximum absolute atomic E-state index is 12.9. The van der Waals surface area contributed by atoms with E-state index in [2.05, 4.69) is 5.32 Å². The number of amides is 1. The lowest BCUT2D eigenvalue weighted by Crippen LogP contribution is -2.17. The number of anilines is 1. The third kappa shape index (κ3) is 3.58. The zero-order chi connectivity index (χ0) is 16.2. The lowest BCUT2D eigenvalue weighted by Gasteiger charge is -2.14. The number of para-hydroxylation sites is 2. The predicted octanol–water partition coefficient (Wildman–Crippen LogP) is 4.36. The summed E-state index contributed by atoms with van der Waals surface area (Å²) in [4.78, 5) is 12.2. The number of rotatable bonds is 4. The molecule has 0 aliphatic carbocycles. The maximum atomic E-state index is 12.9. The molecule has 0 unspecified atom stereocenters. The Morgan fingerprint density at radius 3 is 2.41 bits per heavy atom. The van der Waals surface area contributed by atoms with Gasteiger partial charge in [-0.15, -0.1) is 0 Å². The summed E-state index contributed by atoms with van der Waals surface area (Å²) in [6.07, 6.45) is -4.54. The summed E-state index contributed by atoms with van der Waals surface area (Å²) in [7, 11) is 0. The van der Waals surface area contributed by atoms with Crippen molar-refractivity contribution in [1.82, 2.24) is 0 Å². The van der Waals surface area contributed by atoms with E-state index >= 15 is 0 Å². The largest absolute Gasteiger partial charge is 0.493 e. The molecule has 0 aromatic heterocycles. The van der Waals surface area contributed by atoms with Crippen LogP contribution in [0.15, 0.2) is 48.5 Å². The maximum Gasteiger partial charge on any atom is 0.418 e. The average Bonchev–Trinajstić information content (AvgIpc) is 2.47. The van der Waals surface area contributed by atoms with Gasteiger partial charge in [-0.2, -0.15) is 13.2 Å². The summed E-state index contributed by atoms with van der Waals surface area (Å²) in [5, 5.41) is 2.29. The monoisotopic (exact) mass is 309 g/mol. The first kappa shape index (κ1) is 15.9. The van der Waals surface area contributed by atoms with Crippen LogP contribution < -0.4 is 10.1 Å². The van der Waals surface area contributed by atoms with Crippen molar-refractivity contribution in [2.24, 2.45) is 0 Å². The Labute approximate surface area is 125 Å². The lowest BCUT2D eigenvalue weighted by molar-refractivity contribution is -0.136. The summed E-state index contributed by atoms with van der Waals surface area (Å²) >= 11 is 0. The molecule has 0 saturated carbocycles. The Balaban J connectivity index is 2.31. The van der Waals surface area contributed by atoms with Crippen molar-refractivity contribution in [3.05, 3.63) is 59.7 Å². The first-order valence-corrected chi connectivity index (χ1v) is 6.63. The van der Waals surface area contributed by atoms with Crippen LogP contribution in [-0.2, 0) is 6.18 Å². The molecule has 0 atom stereocenters. The third-order valence-corrected chi connectivity index (χ3v) is 2.91. The van der Waals surface area contributed by atoms with E-state index < -0.39 is 17.6 Å². The van der Waals surface area contributed by atoms with E-state index in [1.165, 1.54) is 24.3 Å². The quantitative estimate of drug-likeness (QED) is 0.911. The number of ether oxygens (including phenoxy) is 1. The summed E-state index contributed by atoms with van der Waals surface area (Å²) in [6.45, 7) is 2.11. The number of carbonyl (C=O) groups is 1. The van der Waals surface area contributed by atoms with Crippen molar-refractivity contribution < 1.29 is 22.7 Å². The Kier molecular flexibility index (Phi) is 4.70. The molecular formula is C16H14F3NO2. The Bertz CT molecular complexity index is 668. The van der Waals surface area contributed by atoms with Gasteiger partial charge in [-0.05, 0) is 31.2 Å². The molecule has 2 aromatic rings. The number of hydrogen-bond donors (Lipinski definition) is 1. The van der Waals surface area contributed by atoms with Gasteiger partial charge >= 0.3 is 6.18 Å². The average molecular weight is 309 g/mol. The summed E-state index contributed by atoms with van der Waals surface area (Å²) in [6, 6.07) is 11.2. The van der Waals surface area contributed by atoms with Crippen LogP contribution in [0.25, 0.3) is 0 Å². The van der Waals surface area contributed by atoms with Crippen LogP contribution in [0.4, 0.5) is 18.9 Å². The Morgan fingerprint density at radius 1 is 1.09 bits per heavy atom. The van der Waals surface area contributed by atoms with E-state index in [-0.39, 0.29) is 11.3 Å². The van der Waals surface area contributed by atoms with Crippen molar-refractivity contribution in [2.75, 3.05) is 11.9 Å². The van der Waals surface area contributed by atoms with Gasteiger partial charge in [0.2, 0.25) is 0 Å². The molecule has 1 amide bonds. The lowest BCUT2D eigenvalue weighted by atomic mass is 10.1. The van der Waals surface area contributed by atoms with Gasteiger partial charge in [-0.3, -0.25) is 4.79 Å². The molecule has 2 rings (SSSR count). The van der Waals surface area contributed by atoms with E-state index in [1.54, 1.807) is 25.1 Å². The van der Waals surface area contributed by atoms with Gasteiger partial charge < -0.3 is 10.1 Å². The van der Waals surface area contributed by atoms with Crippen molar-refractivity contribution in [3.63, 3.8) is 0 Å². The molecule has 2 aromatic carbocycles. The van der Waals surface area contributed by atoms with Crippen LogP contribution in [0, 0.1) is 0 Å². The molecule has 1 N–H and O–H groups in total. The zero-order valence-electron chi connectivity index (χ0n) is 11.8. The fraction of sp³-hybridized carbons (Fsp3) is 0.188. The third-order valence-electron chi connectivity index (χ3n) is 2.91. The number of benzene rings is 2. The predicted molar refractivity (Wildman–Crippen MR) is 77.0 cm³/mol. The zero-order valence-corrected chi connectivity index (χ0v) is 11.8. The SMILES string of the molecule is CCOc1ccccc1C(=O)Nc1ccccc1C(F)(F)F. The summed E-state index contributed by atoms with van der Waals surface area (Å²) in [5.41, 5.74) is -0.995. The molecule has 0 spiro atoms. The molecule has 3 nitrogen and oxygen atoms in total. The molecule has 0 aliphatic heterocycles. The number of halogens is 3. The van der Waals surface area contributed by atoms with Gasteiger partial charge in [-0.25, -0.2) is 0 Å². The molecule has 0 heterocycles. The minimum Gasteiger partial charge on any atom is -0.493 e. The van der Waals surface area contributed by atoms with E-state index in [1.807, 2.05) is 0 Å². The molecule has 0 radical (unpaired) electrons. The molecule has 0 aliphatic rings. The van der Waals surface area contributed by atoms with Crippen molar-refractivity contribution in [1.29, 1.82) is 0 Å². The van der Waals surface area contributed by atoms with Gasteiger partial charge in [0.25, 0.3) is 5.91 Å². The smallest absolute Gasteiger partial charge is 0.418 e. The standard InChI is InChI=1S/C16H14F3NO2/c1-2-22-14-10-6-3-7-11(14)15(21)20-13-9-5-4-8-12(13)16(17,18)19/h3-10H,2H2,1H3,(H,20,21). The molecule has 6 heteroatoms. The Morgan fingerprint density at radius 2 is 1.73 bits per heavy atom. The van der Waals surface area contributed by atoms with Crippen LogP contribution in [0.3, 0.4) is 0 Å². The van der Waals surface area contributed by atoms with E-state index in [4.69, 9.17) is 4.74 Å². The Hall–Kier alpha value is -2.50. The highest BCUT2D eigenvalue weighted by molar-refractivity contribution is 6.06. The highest BCUT2D eigenvalue weighted by Gasteiger charge is 2.33. The second-order valence-corrected chi connectivity index (χ2v) is 4.43. The van der Waals surface area contributed by atoms with Crippen LogP contribution >= 0.6 is 0 Å². The van der Waals surface area contributed by atoms with Crippen molar-refractivity contribution in [3.8, 4) is 5.75 Å². The fourth-order valence-electron chi connectivity index (χ4n) is 1.96. The first-order valence-electron chi connectivity index (χ1n) is 6.63. The fourth-order valence-corrected chi connectivity index (χ4v) is 1.96. The van der Waals surface area contributed by atoms with Gasteiger partial charge in [0, 0.05) is 0 Å². The normalized spacial score (nSPS) is 11.1. The van der Waals surface area contributed by atoms with Crippen molar-refractivity contribution >= 4 is 11.6 Å². The molecule has 0 fully saturated rings. The summed E-state index contributed by atoms with van der Waals surface area (Å²) in [5.74, 6) is -0.326. The number of carbonyl (C=O) groups excluding carboxylic acids is 1. The van der Waals surface area contributed by atoms with Crippen LogP contribution in [0.1, 0.15) is 22.8 Å². The van der Waals surface area contributed by atoms with Gasteiger partial charge in [0.05, 0.1) is 23.4 Å². The second kappa shape index (κ2) is 6.51. The summed E-state index contributed by atoms with van der Waals surface area (Å²) < 4.78 is 44.1. The van der Waals surface area contributed by atoms with Gasteiger partial charge in [0.15, 0.2) is 0 Å². The number of nitrogens with one attached hydrogen (secondary N) is 1. The molecule has 0 bridgehead atoms. The minimum atomic E-state index is -4.54. The molecule has 22 heavy (non-hydrogen) atoms. The molecule has 0 saturated heterocycles. The van der Waals surface area contributed by atoms with Crippen LogP contribution in [-0.4, -0.2) is 12.5 Å². The minimum absolute atomic E-state index is 0.182. The molecule has 116 valence electrons. The topological polar surface area (TPSA) is 38.3 Å². The first-order chi connectivity index (χ1) is 10.4. The van der Waals surface area contributed by atoms with E-state index in [0.717, 1.165) is 6.07 Å². The van der Waals surface area contributed by atoms with Crippen molar-refractivity contribution in [2.45, 2.75) is 13.1 Å². The molecular weight excluding hydrogens is 295 g/mol. The van der Waals surface area contributed by atoms with E-state index in [0.29, 0.717) is 12.4 Å². The van der Waals surface area contributed by atoms with Gasteiger partial charge in [0.1, 0.15) is 5.75 Å². The highest BCUT2D eigenvalue weighted by Crippen LogP contribution is 2.35. The van der Waals surface area contributed by atoms with Crippen LogP contribution in [0.2, 0.25) is 0 Å². The van der Waals surface area contributed by atoms with Gasteiger partial charge in [-0.1, -0.05) is 24.3 Å². The van der Waals surface area contributed by atoms with Crippen LogP contribution in [0.5, 0.6) is 5.75 Å². The number of alkyl halides is 3. The second-order valence-electron chi connectivity index (χ2n) is 4.43.